The molecule has 0 amide bonds. The minimum atomic E-state index is 0.545. The molecule has 0 aromatic carbocycles. The minimum Gasteiger partial charge on any atom is -0.491 e. The third-order valence-corrected chi connectivity index (χ3v) is 1.90. The summed E-state index contributed by atoms with van der Waals surface area (Å²) in [6.07, 6.45) is 1.86. The summed E-state index contributed by atoms with van der Waals surface area (Å²) in [6, 6.07) is 0. The van der Waals surface area contributed by atoms with Gasteiger partial charge in [0.25, 0.3) is 0 Å². The van der Waals surface area contributed by atoms with Gasteiger partial charge >= 0.3 is 0 Å². The van der Waals surface area contributed by atoms with Crippen LogP contribution in [-0.4, -0.2) is 17.1 Å². The van der Waals surface area contributed by atoms with Crippen molar-refractivity contribution < 1.29 is 4.74 Å². The summed E-state index contributed by atoms with van der Waals surface area (Å²) in [6.45, 7) is 3.96. The number of hydrogen-bond donors (Lipinski definition) is 2. The molecule has 14 heavy (non-hydrogen) atoms. The highest BCUT2D eigenvalue weighted by molar-refractivity contribution is 5.51. The molecule has 0 unspecified atom stereocenters. The highest BCUT2D eigenvalue weighted by atomic mass is 16.5. The highest BCUT2D eigenvalue weighted by Crippen LogP contribution is 2.24. The van der Waals surface area contributed by atoms with Crippen LogP contribution in [0.2, 0.25) is 0 Å². The summed E-state index contributed by atoms with van der Waals surface area (Å²) in [4.78, 5) is 8.55. The minimum absolute atomic E-state index is 0.545. The summed E-state index contributed by atoms with van der Waals surface area (Å²) in [7, 11) is 1.58. The lowest BCUT2D eigenvalue weighted by molar-refractivity contribution is 0.408. The molecule has 0 fully saturated rings. The van der Waals surface area contributed by atoms with E-state index in [0.29, 0.717) is 11.6 Å². The molecule has 1 heterocycles. The average molecular weight is 196 g/mol. The molecule has 1 aromatic heterocycles. The van der Waals surface area contributed by atoms with Crippen LogP contribution < -0.4 is 16.0 Å². The zero-order valence-corrected chi connectivity index (χ0v) is 8.79. The SMILES string of the molecule is CCCc1nc(C)c(OC)c(NN)n1. The lowest BCUT2D eigenvalue weighted by Crippen LogP contribution is -2.13. The van der Waals surface area contributed by atoms with Crippen molar-refractivity contribution in [2.75, 3.05) is 12.5 Å². The van der Waals surface area contributed by atoms with Gasteiger partial charge in [-0.2, -0.15) is 0 Å². The molecule has 0 saturated carbocycles. The van der Waals surface area contributed by atoms with Crippen molar-refractivity contribution in [2.24, 2.45) is 5.84 Å². The number of nitrogens with one attached hydrogen (secondary N) is 1. The Kier molecular flexibility index (Phi) is 3.64. The lowest BCUT2D eigenvalue weighted by atomic mass is 10.3. The molecule has 5 heteroatoms. The first kappa shape index (κ1) is 10.7. The van der Waals surface area contributed by atoms with Gasteiger partial charge in [0.1, 0.15) is 5.82 Å². The van der Waals surface area contributed by atoms with Gasteiger partial charge in [0.15, 0.2) is 11.6 Å². The van der Waals surface area contributed by atoms with Gasteiger partial charge in [-0.05, 0) is 13.3 Å². The van der Waals surface area contributed by atoms with Gasteiger partial charge in [-0.15, -0.1) is 0 Å². The van der Waals surface area contributed by atoms with E-state index in [2.05, 4.69) is 22.3 Å². The Balaban J connectivity index is 3.10. The molecule has 0 aliphatic heterocycles. The summed E-state index contributed by atoms with van der Waals surface area (Å²) in [5.74, 6) is 7.28. The van der Waals surface area contributed by atoms with Crippen LogP contribution in [0.5, 0.6) is 5.75 Å². The van der Waals surface area contributed by atoms with E-state index in [9.17, 15) is 0 Å². The van der Waals surface area contributed by atoms with Crippen molar-refractivity contribution in [3.8, 4) is 5.75 Å². The van der Waals surface area contributed by atoms with Crippen LogP contribution in [0.3, 0.4) is 0 Å². The van der Waals surface area contributed by atoms with Gasteiger partial charge in [-0.25, -0.2) is 15.8 Å². The number of aromatic nitrogens is 2. The first-order chi connectivity index (χ1) is 6.72. The van der Waals surface area contributed by atoms with E-state index in [-0.39, 0.29) is 0 Å². The monoisotopic (exact) mass is 196 g/mol. The van der Waals surface area contributed by atoms with Crippen LogP contribution in [-0.2, 0) is 6.42 Å². The van der Waals surface area contributed by atoms with Crippen LogP contribution in [0.1, 0.15) is 24.9 Å². The lowest BCUT2D eigenvalue weighted by Gasteiger charge is -2.10. The van der Waals surface area contributed by atoms with Crippen molar-refractivity contribution >= 4 is 5.82 Å². The third kappa shape index (κ3) is 2.11. The maximum absolute atomic E-state index is 5.34. The Hall–Kier alpha value is -1.36. The van der Waals surface area contributed by atoms with Crippen molar-refractivity contribution in [1.82, 2.24) is 9.97 Å². The van der Waals surface area contributed by atoms with Crippen LogP contribution >= 0.6 is 0 Å². The summed E-state index contributed by atoms with van der Waals surface area (Å²) < 4.78 is 5.13. The van der Waals surface area contributed by atoms with Crippen LogP contribution in [0, 0.1) is 6.92 Å². The Morgan fingerprint density at radius 1 is 1.43 bits per heavy atom. The van der Waals surface area contributed by atoms with Gasteiger partial charge in [-0.1, -0.05) is 6.92 Å². The predicted molar refractivity (Wildman–Crippen MR) is 55.1 cm³/mol. The van der Waals surface area contributed by atoms with E-state index in [1.54, 1.807) is 7.11 Å². The molecule has 0 bridgehead atoms. The quantitative estimate of drug-likeness (QED) is 0.556. The first-order valence-corrected chi connectivity index (χ1v) is 4.61. The first-order valence-electron chi connectivity index (χ1n) is 4.61. The molecular weight excluding hydrogens is 180 g/mol. The van der Waals surface area contributed by atoms with E-state index in [1.807, 2.05) is 6.92 Å². The Morgan fingerprint density at radius 3 is 2.64 bits per heavy atom. The Morgan fingerprint density at radius 2 is 2.14 bits per heavy atom. The molecule has 3 N–H and O–H groups in total. The number of methoxy groups -OCH3 is 1. The number of anilines is 1. The fourth-order valence-electron chi connectivity index (χ4n) is 1.30. The smallest absolute Gasteiger partial charge is 0.186 e. The maximum atomic E-state index is 5.34. The molecule has 0 saturated heterocycles. The van der Waals surface area contributed by atoms with Crippen molar-refractivity contribution in [3.05, 3.63) is 11.5 Å². The van der Waals surface area contributed by atoms with E-state index < -0.39 is 0 Å². The summed E-state index contributed by atoms with van der Waals surface area (Å²) in [5.41, 5.74) is 3.31. The van der Waals surface area contributed by atoms with Gasteiger partial charge in [0.2, 0.25) is 0 Å². The number of hydrazine groups is 1. The second-order valence-electron chi connectivity index (χ2n) is 3.00. The predicted octanol–water partition coefficient (Wildman–Crippen LogP) is 1.03. The maximum Gasteiger partial charge on any atom is 0.186 e. The zero-order valence-electron chi connectivity index (χ0n) is 8.79. The van der Waals surface area contributed by atoms with Crippen molar-refractivity contribution in [3.63, 3.8) is 0 Å². The second-order valence-corrected chi connectivity index (χ2v) is 3.00. The fourth-order valence-corrected chi connectivity index (χ4v) is 1.30. The number of ether oxygens (including phenoxy) is 1. The number of nitrogens with zero attached hydrogens (tertiary/aromatic N) is 2. The molecule has 0 atom stereocenters. The van der Waals surface area contributed by atoms with Gasteiger partial charge in [0.05, 0.1) is 12.8 Å². The Labute approximate surface area is 83.7 Å². The van der Waals surface area contributed by atoms with Gasteiger partial charge in [0, 0.05) is 6.42 Å². The van der Waals surface area contributed by atoms with Crippen molar-refractivity contribution in [1.29, 1.82) is 0 Å². The van der Waals surface area contributed by atoms with E-state index in [4.69, 9.17) is 10.6 Å². The van der Waals surface area contributed by atoms with Gasteiger partial charge < -0.3 is 10.2 Å². The number of nitrogen functional groups attached to an aromatic ring is 1. The highest BCUT2D eigenvalue weighted by Gasteiger charge is 2.10. The average Bonchev–Trinajstić information content (AvgIpc) is 2.17. The molecule has 0 spiro atoms. The largest absolute Gasteiger partial charge is 0.491 e. The normalized spacial score (nSPS) is 10.0. The van der Waals surface area contributed by atoms with Crippen LogP contribution in [0.25, 0.3) is 0 Å². The Bertz CT molecular complexity index is 314. The topological polar surface area (TPSA) is 73.1 Å². The molecule has 0 radical (unpaired) electrons. The number of hydrogen-bond acceptors (Lipinski definition) is 5. The zero-order chi connectivity index (χ0) is 10.6. The standard InChI is InChI=1S/C9H16N4O/c1-4-5-7-11-6(2)8(14-3)9(12-7)13-10/h4-5,10H2,1-3H3,(H,11,12,13). The molecule has 5 nitrogen and oxygen atoms in total. The van der Waals surface area contributed by atoms with E-state index in [1.165, 1.54) is 0 Å². The fraction of sp³-hybridized carbons (Fsp3) is 0.556. The van der Waals surface area contributed by atoms with E-state index in [0.717, 1.165) is 24.4 Å². The number of aryl methyl sites for hydroxylation is 2. The molecule has 1 aromatic rings. The summed E-state index contributed by atoms with van der Waals surface area (Å²) in [5, 5.41) is 0. The number of nitrogens with two attached hydrogens (primary N) is 1. The molecule has 0 aliphatic carbocycles. The summed E-state index contributed by atoms with van der Waals surface area (Å²) >= 11 is 0. The molecule has 78 valence electrons. The van der Waals surface area contributed by atoms with Crippen molar-refractivity contribution in [2.45, 2.75) is 26.7 Å². The third-order valence-electron chi connectivity index (χ3n) is 1.90. The second kappa shape index (κ2) is 4.76. The van der Waals surface area contributed by atoms with E-state index >= 15 is 0 Å². The molecular formula is C9H16N4O. The molecule has 1 rings (SSSR count). The van der Waals surface area contributed by atoms with Crippen LogP contribution in [0.15, 0.2) is 0 Å². The van der Waals surface area contributed by atoms with Gasteiger partial charge in [-0.3, -0.25) is 0 Å². The number of rotatable bonds is 4. The van der Waals surface area contributed by atoms with Crippen LogP contribution in [0.4, 0.5) is 5.82 Å². The molecule has 0 aliphatic rings.